The molecule has 0 unspecified atom stereocenters. The monoisotopic (exact) mass is 355 g/mol. The summed E-state index contributed by atoms with van der Waals surface area (Å²) in [7, 11) is -4.65. The Balaban J connectivity index is 1.65. The first-order valence-corrected chi connectivity index (χ1v) is 8.85. The zero-order valence-electron chi connectivity index (χ0n) is 12.7. The number of hydrogen-bond acceptors (Lipinski definition) is 5. The molecule has 0 aliphatic carbocycles. The standard InChI is InChI=1S/C14H17N3O6S/c18-13(15-24(20,21)22)12-7-6-11-8-16(12)14(19)17(11)23-9-10-4-2-1-3-5-10/h1-5,11-12H,6-9H2,(H,15,18)(H,20,21,22)/t11-,12+/m1/s1. The molecule has 0 radical (unpaired) electrons. The average Bonchev–Trinajstić information content (AvgIpc) is 2.76. The number of carbonyl (C=O) groups excluding carboxylic acids is 2. The molecule has 130 valence electrons. The minimum Gasteiger partial charge on any atom is -0.309 e. The SMILES string of the molecule is O=C(NS(=O)(=O)O)[C@@H]1CC[C@@H]2CN1C(=O)N2OCc1ccccc1. The van der Waals surface area contributed by atoms with E-state index in [1.54, 1.807) is 0 Å². The average molecular weight is 355 g/mol. The molecule has 0 saturated carbocycles. The molecular formula is C14H17N3O6S. The van der Waals surface area contributed by atoms with Gasteiger partial charge < -0.3 is 4.90 Å². The van der Waals surface area contributed by atoms with Gasteiger partial charge in [-0.25, -0.2) is 9.52 Å². The number of carbonyl (C=O) groups is 2. The van der Waals surface area contributed by atoms with Crippen LogP contribution in [0.2, 0.25) is 0 Å². The number of piperidine rings is 1. The third-order valence-corrected chi connectivity index (χ3v) is 4.53. The summed E-state index contributed by atoms with van der Waals surface area (Å²) in [5.41, 5.74) is 0.905. The number of urea groups is 1. The quantitative estimate of drug-likeness (QED) is 0.734. The molecule has 2 N–H and O–H groups in total. The Morgan fingerprint density at radius 1 is 1.29 bits per heavy atom. The van der Waals surface area contributed by atoms with E-state index in [0.717, 1.165) is 5.56 Å². The summed E-state index contributed by atoms with van der Waals surface area (Å²) in [4.78, 5) is 31.2. The summed E-state index contributed by atoms with van der Waals surface area (Å²) in [6.45, 7) is 0.496. The molecule has 2 heterocycles. The van der Waals surface area contributed by atoms with E-state index in [0.29, 0.717) is 12.8 Å². The van der Waals surface area contributed by atoms with Crippen molar-refractivity contribution < 1.29 is 27.4 Å². The molecule has 24 heavy (non-hydrogen) atoms. The Morgan fingerprint density at radius 2 is 2.00 bits per heavy atom. The van der Waals surface area contributed by atoms with Gasteiger partial charge in [-0.1, -0.05) is 30.3 Å². The normalized spacial score (nSPS) is 23.5. The second kappa shape index (κ2) is 6.38. The molecule has 2 atom stereocenters. The van der Waals surface area contributed by atoms with Crippen LogP contribution in [0.4, 0.5) is 4.79 Å². The van der Waals surface area contributed by atoms with Gasteiger partial charge in [0.1, 0.15) is 12.6 Å². The van der Waals surface area contributed by atoms with Gasteiger partial charge in [-0.05, 0) is 18.4 Å². The lowest BCUT2D eigenvalue weighted by molar-refractivity contribution is -0.140. The van der Waals surface area contributed by atoms with Gasteiger partial charge in [-0.15, -0.1) is 0 Å². The third kappa shape index (κ3) is 3.50. The number of amides is 3. The molecule has 3 amide bonds. The first kappa shape index (κ1) is 16.7. The molecule has 10 heteroatoms. The molecule has 1 aromatic carbocycles. The topological polar surface area (TPSA) is 116 Å². The van der Waals surface area contributed by atoms with Crippen LogP contribution in [0.1, 0.15) is 18.4 Å². The summed E-state index contributed by atoms with van der Waals surface area (Å²) < 4.78 is 31.8. The first-order chi connectivity index (χ1) is 11.3. The van der Waals surface area contributed by atoms with Crippen LogP contribution in [0.15, 0.2) is 30.3 Å². The van der Waals surface area contributed by atoms with Gasteiger partial charge in [0.2, 0.25) is 0 Å². The van der Waals surface area contributed by atoms with Crippen molar-refractivity contribution in [2.75, 3.05) is 6.54 Å². The van der Waals surface area contributed by atoms with Crippen LogP contribution in [-0.2, 0) is 26.5 Å². The lowest BCUT2D eigenvalue weighted by Crippen LogP contribution is -2.50. The summed E-state index contributed by atoms with van der Waals surface area (Å²) >= 11 is 0. The maximum Gasteiger partial charge on any atom is 0.359 e. The smallest absolute Gasteiger partial charge is 0.309 e. The maximum atomic E-state index is 12.4. The van der Waals surface area contributed by atoms with Gasteiger partial charge in [-0.2, -0.15) is 13.5 Å². The van der Waals surface area contributed by atoms with E-state index in [1.165, 1.54) is 14.7 Å². The van der Waals surface area contributed by atoms with E-state index < -0.39 is 28.3 Å². The van der Waals surface area contributed by atoms with Gasteiger partial charge in [0, 0.05) is 6.54 Å². The number of rotatable bonds is 5. The predicted octanol–water partition coefficient (Wildman–Crippen LogP) is 0.306. The molecule has 2 saturated heterocycles. The second-order valence-corrected chi connectivity index (χ2v) is 6.86. The molecule has 2 bridgehead atoms. The zero-order valence-corrected chi connectivity index (χ0v) is 13.5. The Kier molecular flexibility index (Phi) is 4.43. The molecule has 0 spiro atoms. The second-order valence-electron chi connectivity index (χ2n) is 5.71. The van der Waals surface area contributed by atoms with Crippen molar-refractivity contribution in [1.82, 2.24) is 14.7 Å². The van der Waals surface area contributed by atoms with Crippen molar-refractivity contribution >= 4 is 22.2 Å². The van der Waals surface area contributed by atoms with Crippen LogP contribution in [0.5, 0.6) is 0 Å². The van der Waals surface area contributed by atoms with Crippen molar-refractivity contribution in [2.24, 2.45) is 0 Å². The maximum absolute atomic E-state index is 12.4. The highest BCUT2D eigenvalue weighted by Crippen LogP contribution is 2.30. The van der Waals surface area contributed by atoms with Gasteiger partial charge in [0.25, 0.3) is 5.91 Å². The molecule has 3 rings (SSSR count). The fourth-order valence-electron chi connectivity index (χ4n) is 2.98. The minimum atomic E-state index is -4.65. The zero-order chi connectivity index (χ0) is 17.3. The van der Waals surface area contributed by atoms with Crippen molar-refractivity contribution in [3.05, 3.63) is 35.9 Å². The Bertz CT molecular complexity index is 738. The summed E-state index contributed by atoms with van der Waals surface area (Å²) in [5.74, 6) is -0.922. The Labute approximate surface area is 139 Å². The number of nitrogens with zero attached hydrogens (tertiary/aromatic N) is 2. The van der Waals surface area contributed by atoms with Crippen LogP contribution in [-0.4, -0.2) is 53.5 Å². The van der Waals surface area contributed by atoms with Crippen molar-refractivity contribution in [3.8, 4) is 0 Å². The highest BCUT2D eigenvalue weighted by molar-refractivity contribution is 7.84. The summed E-state index contributed by atoms with van der Waals surface area (Å²) in [6, 6.07) is 7.73. The molecule has 0 aromatic heterocycles. The van der Waals surface area contributed by atoms with Gasteiger partial charge >= 0.3 is 16.3 Å². The number of hydrogen-bond donors (Lipinski definition) is 2. The number of benzene rings is 1. The van der Waals surface area contributed by atoms with Gasteiger partial charge in [0.05, 0.1) is 6.04 Å². The third-order valence-electron chi connectivity index (χ3n) is 4.07. The fourth-order valence-corrected chi connectivity index (χ4v) is 3.37. The minimum absolute atomic E-state index is 0.184. The van der Waals surface area contributed by atoms with E-state index in [2.05, 4.69) is 0 Å². The first-order valence-electron chi connectivity index (χ1n) is 7.41. The largest absolute Gasteiger partial charge is 0.359 e. The molecular weight excluding hydrogens is 338 g/mol. The highest BCUT2D eigenvalue weighted by atomic mass is 32.2. The van der Waals surface area contributed by atoms with Crippen LogP contribution in [0, 0.1) is 0 Å². The van der Waals surface area contributed by atoms with Crippen LogP contribution in [0.3, 0.4) is 0 Å². The molecule has 2 aliphatic rings. The predicted molar refractivity (Wildman–Crippen MR) is 81.7 cm³/mol. The highest BCUT2D eigenvalue weighted by Gasteiger charge is 2.48. The van der Waals surface area contributed by atoms with E-state index in [9.17, 15) is 18.0 Å². The summed E-state index contributed by atoms with van der Waals surface area (Å²) in [6.07, 6.45) is 0.795. The fraction of sp³-hybridized carbons (Fsp3) is 0.429. The lowest BCUT2D eigenvalue weighted by Gasteiger charge is -2.28. The van der Waals surface area contributed by atoms with E-state index in [1.807, 2.05) is 30.3 Å². The van der Waals surface area contributed by atoms with E-state index >= 15 is 0 Å². The van der Waals surface area contributed by atoms with Crippen molar-refractivity contribution in [1.29, 1.82) is 0 Å². The molecule has 1 aromatic rings. The number of fused-ring (bicyclic) bond motifs is 2. The lowest BCUT2D eigenvalue weighted by atomic mass is 10.0. The number of hydroxylamine groups is 2. The van der Waals surface area contributed by atoms with Crippen molar-refractivity contribution in [3.63, 3.8) is 0 Å². The van der Waals surface area contributed by atoms with Crippen molar-refractivity contribution in [2.45, 2.75) is 31.5 Å². The molecule has 2 fully saturated rings. The van der Waals surface area contributed by atoms with E-state index in [-0.39, 0.29) is 19.2 Å². The molecule has 9 nitrogen and oxygen atoms in total. The van der Waals surface area contributed by atoms with Crippen LogP contribution < -0.4 is 4.72 Å². The summed E-state index contributed by atoms with van der Waals surface area (Å²) in [5, 5.41) is 1.24. The van der Waals surface area contributed by atoms with Crippen LogP contribution >= 0.6 is 0 Å². The Hall–Kier alpha value is -2.17. The molecule has 2 aliphatic heterocycles. The van der Waals surface area contributed by atoms with Crippen LogP contribution in [0.25, 0.3) is 0 Å². The van der Waals surface area contributed by atoms with Gasteiger partial charge in [-0.3, -0.25) is 14.2 Å². The van der Waals surface area contributed by atoms with E-state index in [4.69, 9.17) is 9.39 Å². The van der Waals surface area contributed by atoms with Gasteiger partial charge in [0.15, 0.2) is 0 Å². The number of nitrogens with one attached hydrogen (secondary N) is 1. The Morgan fingerprint density at radius 3 is 2.67 bits per heavy atom.